The number of halogens is 1. The van der Waals surface area contributed by atoms with Crippen LogP contribution in [0.5, 0.6) is 0 Å². The lowest BCUT2D eigenvalue weighted by Crippen LogP contribution is -1.90. The SMILES string of the molecule is CC(=O)c1ccc(/C=C/c2ccc(/C=C/c3ccc(F)cc3)cc2)cc1. The van der Waals surface area contributed by atoms with E-state index in [1.807, 2.05) is 72.8 Å². The number of carbonyl (C=O) groups is 1. The fourth-order valence-corrected chi connectivity index (χ4v) is 2.51. The fraction of sp³-hybridized carbons (Fsp3) is 0.0417. The number of ketones is 1. The Morgan fingerprint density at radius 1 is 0.615 bits per heavy atom. The van der Waals surface area contributed by atoms with E-state index >= 15 is 0 Å². The Bertz CT molecular complexity index is 931. The van der Waals surface area contributed by atoms with Gasteiger partial charge in [-0.3, -0.25) is 4.79 Å². The second kappa shape index (κ2) is 8.21. The van der Waals surface area contributed by atoms with Crippen molar-refractivity contribution < 1.29 is 9.18 Å². The van der Waals surface area contributed by atoms with Gasteiger partial charge in [-0.15, -0.1) is 0 Å². The first kappa shape index (κ1) is 17.6. The Labute approximate surface area is 153 Å². The second-order valence-corrected chi connectivity index (χ2v) is 6.06. The number of carbonyl (C=O) groups excluding carboxylic acids is 1. The molecule has 128 valence electrons. The molecule has 0 bridgehead atoms. The Morgan fingerprint density at radius 3 is 1.27 bits per heavy atom. The highest BCUT2D eigenvalue weighted by Gasteiger charge is 1.97. The predicted molar refractivity (Wildman–Crippen MR) is 107 cm³/mol. The summed E-state index contributed by atoms with van der Waals surface area (Å²) in [7, 11) is 0. The highest BCUT2D eigenvalue weighted by molar-refractivity contribution is 5.94. The molecule has 1 nitrogen and oxygen atoms in total. The van der Waals surface area contributed by atoms with Gasteiger partial charge in [0.2, 0.25) is 0 Å². The monoisotopic (exact) mass is 342 g/mol. The molecule has 0 fully saturated rings. The molecule has 0 spiro atoms. The average Bonchev–Trinajstić information content (AvgIpc) is 2.67. The highest BCUT2D eigenvalue weighted by Crippen LogP contribution is 2.13. The second-order valence-electron chi connectivity index (χ2n) is 6.06. The van der Waals surface area contributed by atoms with Crippen LogP contribution in [0.4, 0.5) is 4.39 Å². The van der Waals surface area contributed by atoms with Gasteiger partial charge in [0.15, 0.2) is 5.78 Å². The molecule has 0 amide bonds. The minimum atomic E-state index is -0.228. The smallest absolute Gasteiger partial charge is 0.159 e. The highest BCUT2D eigenvalue weighted by atomic mass is 19.1. The summed E-state index contributed by atoms with van der Waals surface area (Å²) in [6.45, 7) is 1.57. The molecule has 0 aromatic heterocycles. The summed E-state index contributed by atoms with van der Waals surface area (Å²) >= 11 is 0. The van der Waals surface area contributed by atoms with E-state index in [1.165, 1.54) is 12.1 Å². The van der Waals surface area contributed by atoms with Gasteiger partial charge in [-0.25, -0.2) is 4.39 Å². The van der Waals surface area contributed by atoms with Crippen molar-refractivity contribution >= 4 is 30.1 Å². The summed E-state index contributed by atoms with van der Waals surface area (Å²) in [6.07, 6.45) is 8.02. The van der Waals surface area contributed by atoms with Crippen molar-refractivity contribution in [3.05, 3.63) is 106 Å². The van der Waals surface area contributed by atoms with Gasteiger partial charge in [0.25, 0.3) is 0 Å². The van der Waals surface area contributed by atoms with Crippen LogP contribution in [0.1, 0.15) is 39.5 Å². The topological polar surface area (TPSA) is 17.1 Å². The third-order valence-electron chi connectivity index (χ3n) is 4.06. The molecule has 0 saturated heterocycles. The summed E-state index contributed by atoms with van der Waals surface area (Å²) in [5, 5.41) is 0. The van der Waals surface area contributed by atoms with Crippen molar-refractivity contribution in [2.24, 2.45) is 0 Å². The molecule has 0 saturated carbocycles. The van der Waals surface area contributed by atoms with Crippen molar-refractivity contribution in [3.8, 4) is 0 Å². The van der Waals surface area contributed by atoms with Gasteiger partial charge in [-0.1, -0.05) is 85.0 Å². The summed E-state index contributed by atoms with van der Waals surface area (Å²) in [4.78, 5) is 11.3. The molecule has 0 N–H and O–H groups in total. The Kier molecular flexibility index (Phi) is 5.55. The van der Waals surface area contributed by atoms with Gasteiger partial charge in [0.1, 0.15) is 5.82 Å². The largest absolute Gasteiger partial charge is 0.295 e. The average molecular weight is 342 g/mol. The van der Waals surface area contributed by atoms with Crippen LogP contribution in [0.3, 0.4) is 0 Å². The van der Waals surface area contributed by atoms with Gasteiger partial charge < -0.3 is 0 Å². The van der Waals surface area contributed by atoms with Crippen molar-refractivity contribution in [3.63, 3.8) is 0 Å². The van der Waals surface area contributed by atoms with E-state index < -0.39 is 0 Å². The predicted octanol–water partition coefficient (Wildman–Crippen LogP) is 6.37. The summed E-state index contributed by atoms with van der Waals surface area (Å²) in [5.41, 5.74) is 4.91. The van der Waals surface area contributed by atoms with Crippen LogP contribution < -0.4 is 0 Å². The molecule has 3 rings (SSSR count). The van der Waals surface area contributed by atoms with Crippen LogP contribution in [0.25, 0.3) is 24.3 Å². The number of hydrogen-bond donors (Lipinski definition) is 0. The normalized spacial score (nSPS) is 11.3. The summed E-state index contributed by atoms with van der Waals surface area (Å²) < 4.78 is 12.9. The van der Waals surface area contributed by atoms with Crippen molar-refractivity contribution in [2.45, 2.75) is 6.92 Å². The Morgan fingerprint density at radius 2 is 0.923 bits per heavy atom. The quantitative estimate of drug-likeness (QED) is 0.389. The lowest BCUT2D eigenvalue weighted by atomic mass is 10.1. The van der Waals surface area contributed by atoms with Gasteiger partial charge in [-0.2, -0.15) is 0 Å². The number of hydrogen-bond acceptors (Lipinski definition) is 1. The summed E-state index contributed by atoms with van der Waals surface area (Å²) in [6, 6.07) is 22.1. The first-order valence-corrected chi connectivity index (χ1v) is 8.43. The maximum absolute atomic E-state index is 12.9. The molecule has 0 aliphatic rings. The molecule has 0 radical (unpaired) electrons. The van der Waals surface area contributed by atoms with E-state index in [4.69, 9.17) is 0 Å². The molecular weight excluding hydrogens is 323 g/mol. The zero-order valence-electron chi connectivity index (χ0n) is 14.5. The fourth-order valence-electron chi connectivity index (χ4n) is 2.51. The van der Waals surface area contributed by atoms with Crippen molar-refractivity contribution in [2.75, 3.05) is 0 Å². The van der Waals surface area contributed by atoms with Gasteiger partial charge in [0.05, 0.1) is 0 Å². The molecular formula is C24H19FO. The van der Waals surface area contributed by atoms with E-state index in [1.54, 1.807) is 19.1 Å². The van der Waals surface area contributed by atoms with Crippen molar-refractivity contribution in [1.29, 1.82) is 0 Å². The minimum absolute atomic E-state index is 0.0739. The molecule has 0 aliphatic carbocycles. The summed E-state index contributed by atoms with van der Waals surface area (Å²) in [5.74, 6) is -0.154. The Hall–Kier alpha value is -3.26. The van der Waals surface area contributed by atoms with Crippen LogP contribution in [0.15, 0.2) is 72.8 Å². The lowest BCUT2D eigenvalue weighted by Gasteiger charge is -1.99. The van der Waals surface area contributed by atoms with Gasteiger partial charge in [-0.05, 0) is 41.3 Å². The molecule has 3 aromatic carbocycles. The van der Waals surface area contributed by atoms with Crippen LogP contribution in [-0.2, 0) is 0 Å². The number of benzene rings is 3. The number of rotatable bonds is 5. The molecule has 2 heteroatoms. The molecule has 0 aliphatic heterocycles. The first-order chi connectivity index (χ1) is 12.6. The van der Waals surface area contributed by atoms with E-state index in [0.29, 0.717) is 0 Å². The van der Waals surface area contributed by atoms with Crippen molar-refractivity contribution in [1.82, 2.24) is 0 Å². The molecule has 0 heterocycles. The van der Waals surface area contributed by atoms with Crippen LogP contribution in [-0.4, -0.2) is 5.78 Å². The maximum Gasteiger partial charge on any atom is 0.159 e. The van der Waals surface area contributed by atoms with E-state index in [-0.39, 0.29) is 11.6 Å². The standard InChI is InChI=1S/C24H19FO/c1-18(26)23-14-10-21(11-15-23)8-6-19-2-4-20(5-3-19)7-9-22-12-16-24(25)17-13-22/h2-17H,1H3/b8-6+,9-7+. The lowest BCUT2D eigenvalue weighted by molar-refractivity contribution is 0.101. The van der Waals surface area contributed by atoms with Crippen LogP contribution in [0, 0.1) is 5.82 Å². The van der Waals surface area contributed by atoms with Gasteiger partial charge >= 0.3 is 0 Å². The number of Topliss-reactive ketones (excluding diaryl/α,β-unsaturated/α-hetero) is 1. The molecule has 0 unspecified atom stereocenters. The maximum atomic E-state index is 12.9. The third-order valence-corrected chi connectivity index (χ3v) is 4.06. The third kappa shape index (κ3) is 4.87. The molecule has 3 aromatic rings. The van der Waals surface area contributed by atoms with E-state index in [0.717, 1.165) is 27.8 Å². The Balaban J connectivity index is 1.65. The molecule has 26 heavy (non-hydrogen) atoms. The van der Waals surface area contributed by atoms with Gasteiger partial charge in [0, 0.05) is 5.56 Å². The zero-order valence-corrected chi connectivity index (χ0v) is 14.5. The van der Waals surface area contributed by atoms with Crippen LogP contribution in [0.2, 0.25) is 0 Å². The molecule has 0 atom stereocenters. The minimum Gasteiger partial charge on any atom is -0.295 e. The first-order valence-electron chi connectivity index (χ1n) is 8.43. The zero-order chi connectivity index (χ0) is 18.4. The van der Waals surface area contributed by atoms with Crippen LogP contribution >= 0.6 is 0 Å². The van der Waals surface area contributed by atoms with E-state index in [2.05, 4.69) is 0 Å². The van der Waals surface area contributed by atoms with E-state index in [9.17, 15) is 9.18 Å².